The molecule has 6 nitrogen and oxygen atoms in total. The van der Waals surface area contributed by atoms with Gasteiger partial charge in [0.2, 0.25) is 0 Å². The van der Waals surface area contributed by atoms with Gasteiger partial charge in [0.1, 0.15) is 5.69 Å². The van der Waals surface area contributed by atoms with Gasteiger partial charge in [0, 0.05) is 14.2 Å². The number of aromatic nitrogens is 4. The Morgan fingerprint density at radius 3 is 2.94 bits per heavy atom. The Morgan fingerprint density at radius 1 is 1.47 bits per heavy atom. The van der Waals surface area contributed by atoms with E-state index < -0.39 is 0 Å². The van der Waals surface area contributed by atoms with Crippen LogP contribution in [0.25, 0.3) is 5.82 Å². The molecule has 0 saturated heterocycles. The van der Waals surface area contributed by atoms with Crippen LogP contribution in [0.4, 0.5) is 5.69 Å². The van der Waals surface area contributed by atoms with Crippen LogP contribution in [-0.4, -0.2) is 34.1 Å². The summed E-state index contributed by atoms with van der Waals surface area (Å²) in [6.45, 7) is 0.409. The molecule has 0 amide bonds. The molecule has 0 aliphatic carbocycles. The van der Waals surface area contributed by atoms with Crippen molar-refractivity contribution in [3.05, 3.63) is 29.2 Å². The minimum Gasteiger partial charge on any atom is -0.387 e. The van der Waals surface area contributed by atoms with Gasteiger partial charge in [0.05, 0.1) is 29.7 Å². The molecule has 0 spiro atoms. The normalized spacial score (nSPS) is 10.5. The van der Waals surface area contributed by atoms with E-state index in [0.29, 0.717) is 17.4 Å². The smallest absolute Gasteiger partial charge is 0.193 e. The van der Waals surface area contributed by atoms with Crippen LogP contribution in [0.5, 0.6) is 0 Å². The van der Waals surface area contributed by atoms with Crippen LogP contribution in [0.2, 0.25) is 5.02 Å². The molecule has 0 aliphatic heterocycles. The van der Waals surface area contributed by atoms with Crippen molar-refractivity contribution in [3.63, 3.8) is 0 Å². The molecule has 0 fully saturated rings. The van der Waals surface area contributed by atoms with Gasteiger partial charge in [-0.25, -0.2) is 4.98 Å². The summed E-state index contributed by atoms with van der Waals surface area (Å²) < 4.78 is 4.96. The standard InChI is InChI=1S/C10H12ClN5O/c1-12-7-3-9(11)10(13-4-7)16-14-5-8(15-16)6-17-2/h3-5,12H,6H2,1-2H3. The van der Waals surface area contributed by atoms with Gasteiger partial charge < -0.3 is 10.1 Å². The van der Waals surface area contributed by atoms with Crippen LogP contribution >= 0.6 is 11.6 Å². The van der Waals surface area contributed by atoms with Crippen molar-refractivity contribution in [2.75, 3.05) is 19.5 Å². The number of rotatable bonds is 4. The maximum Gasteiger partial charge on any atom is 0.193 e. The van der Waals surface area contributed by atoms with Gasteiger partial charge in [-0.05, 0) is 6.07 Å². The number of pyridine rings is 1. The minimum atomic E-state index is 0.409. The third-order valence-electron chi connectivity index (χ3n) is 2.13. The predicted octanol–water partition coefficient (Wildman–Crippen LogP) is 1.50. The van der Waals surface area contributed by atoms with Crippen LogP contribution in [0, 0.1) is 0 Å². The summed E-state index contributed by atoms with van der Waals surface area (Å²) in [5.74, 6) is 0.494. The van der Waals surface area contributed by atoms with Crippen molar-refractivity contribution in [1.82, 2.24) is 20.0 Å². The molecule has 0 unspecified atom stereocenters. The van der Waals surface area contributed by atoms with E-state index in [1.807, 2.05) is 0 Å². The zero-order chi connectivity index (χ0) is 12.3. The molecule has 90 valence electrons. The molecule has 2 heterocycles. The molecule has 2 aromatic heterocycles. The Balaban J connectivity index is 2.32. The van der Waals surface area contributed by atoms with Gasteiger partial charge in [-0.15, -0.1) is 9.90 Å². The lowest BCUT2D eigenvalue weighted by Crippen LogP contribution is -2.04. The van der Waals surface area contributed by atoms with Crippen LogP contribution in [-0.2, 0) is 11.3 Å². The first-order valence-electron chi connectivity index (χ1n) is 4.98. The van der Waals surface area contributed by atoms with Crippen molar-refractivity contribution in [2.45, 2.75) is 6.61 Å². The molecule has 0 radical (unpaired) electrons. The van der Waals surface area contributed by atoms with E-state index in [-0.39, 0.29) is 0 Å². The van der Waals surface area contributed by atoms with Gasteiger partial charge >= 0.3 is 0 Å². The number of ether oxygens (including phenoxy) is 1. The molecular formula is C10H12ClN5O. The topological polar surface area (TPSA) is 64.9 Å². The maximum atomic E-state index is 6.09. The second-order valence-corrected chi connectivity index (χ2v) is 3.74. The summed E-state index contributed by atoms with van der Waals surface area (Å²) >= 11 is 6.09. The second kappa shape index (κ2) is 5.11. The monoisotopic (exact) mass is 253 g/mol. The Hall–Kier alpha value is -1.66. The average Bonchev–Trinajstić information content (AvgIpc) is 2.78. The van der Waals surface area contributed by atoms with E-state index in [2.05, 4.69) is 20.5 Å². The molecule has 17 heavy (non-hydrogen) atoms. The van der Waals surface area contributed by atoms with Gasteiger partial charge in [0.15, 0.2) is 5.82 Å². The highest BCUT2D eigenvalue weighted by molar-refractivity contribution is 6.32. The summed E-state index contributed by atoms with van der Waals surface area (Å²) in [5, 5.41) is 11.7. The maximum absolute atomic E-state index is 6.09. The highest BCUT2D eigenvalue weighted by Crippen LogP contribution is 2.20. The third-order valence-corrected chi connectivity index (χ3v) is 2.41. The summed E-state index contributed by atoms with van der Waals surface area (Å²) in [4.78, 5) is 5.58. The second-order valence-electron chi connectivity index (χ2n) is 3.34. The Labute approximate surface area is 104 Å². The van der Waals surface area contributed by atoms with Crippen LogP contribution < -0.4 is 5.32 Å². The lowest BCUT2D eigenvalue weighted by atomic mass is 10.4. The first kappa shape index (κ1) is 11.8. The molecule has 0 aromatic carbocycles. The number of hydrogen-bond acceptors (Lipinski definition) is 5. The average molecular weight is 254 g/mol. The van der Waals surface area contributed by atoms with Gasteiger partial charge in [-0.1, -0.05) is 11.6 Å². The summed E-state index contributed by atoms with van der Waals surface area (Å²) in [6, 6.07) is 1.77. The van der Waals surface area contributed by atoms with Crippen molar-refractivity contribution in [2.24, 2.45) is 0 Å². The minimum absolute atomic E-state index is 0.409. The fourth-order valence-electron chi connectivity index (χ4n) is 1.33. The zero-order valence-corrected chi connectivity index (χ0v) is 10.3. The van der Waals surface area contributed by atoms with Crippen molar-refractivity contribution < 1.29 is 4.74 Å². The van der Waals surface area contributed by atoms with Crippen LogP contribution in [0.3, 0.4) is 0 Å². The third kappa shape index (κ3) is 2.54. The van der Waals surface area contributed by atoms with Gasteiger partial charge in [-0.2, -0.15) is 5.10 Å². The van der Waals surface area contributed by atoms with E-state index in [4.69, 9.17) is 16.3 Å². The number of hydrogen-bond donors (Lipinski definition) is 1. The molecule has 2 aromatic rings. The van der Waals surface area contributed by atoms with Gasteiger partial charge in [-0.3, -0.25) is 0 Å². The molecule has 0 saturated carbocycles. The van der Waals surface area contributed by atoms with E-state index in [1.165, 1.54) is 4.80 Å². The fourth-order valence-corrected chi connectivity index (χ4v) is 1.57. The number of nitrogens with one attached hydrogen (secondary N) is 1. The highest BCUT2D eigenvalue weighted by atomic mass is 35.5. The number of halogens is 1. The molecule has 1 N–H and O–H groups in total. The number of methoxy groups -OCH3 is 1. The van der Waals surface area contributed by atoms with Crippen molar-refractivity contribution in [1.29, 1.82) is 0 Å². The Morgan fingerprint density at radius 2 is 2.29 bits per heavy atom. The van der Waals surface area contributed by atoms with Crippen LogP contribution in [0.15, 0.2) is 18.5 Å². The van der Waals surface area contributed by atoms with E-state index >= 15 is 0 Å². The molecule has 2 rings (SSSR count). The SMILES string of the molecule is CNc1cnc(-n2ncc(COC)n2)c(Cl)c1. The van der Waals surface area contributed by atoms with E-state index in [1.54, 1.807) is 32.6 Å². The van der Waals surface area contributed by atoms with Gasteiger partial charge in [0.25, 0.3) is 0 Å². The quantitative estimate of drug-likeness (QED) is 0.895. The lowest BCUT2D eigenvalue weighted by molar-refractivity contribution is 0.181. The molecular weight excluding hydrogens is 242 g/mol. The van der Waals surface area contributed by atoms with Crippen molar-refractivity contribution in [3.8, 4) is 5.82 Å². The lowest BCUT2D eigenvalue weighted by Gasteiger charge is -2.04. The largest absolute Gasteiger partial charge is 0.387 e. The van der Waals surface area contributed by atoms with E-state index in [9.17, 15) is 0 Å². The van der Waals surface area contributed by atoms with Crippen LogP contribution in [0.1, 0.15) is 5.69 Å². The highest BCUT2D eigenvalue weighted by Gasteiger charge is 2.08. The van der Waals surface area contributed by atoms with E-state index in [0.717, 1.165) is 11.4 Å². The number of anilines is 1. The number of nitrogens with zero attached hydrogens (tertiary/aromatic N) is 4. The molecule has 7 heteroatoms. The molecule has 0 aliphatic rings. The molecule has 0 atom stereocenters. The first-order chi connectivity index (χ1) is 8.24. The summed E-state index contributed by atoms with van der Waals surface area (Å²) in [7, 11) is 3.40. The summed E-state index contributed by atoms with van der Waals surface area (Å²) in [6.07, 6.45) is 3.29. The fraction of sp³-hybridized carbons (Fsp3) is 0.300. The molecule has 0 bridgehead atoms. The Bertz CT molecular complexity index is 513. The Kier molecular flexibility index (Phi) is 3.55. The first-order valence-corrected chi connectivity index (χ1v) is 5.36. The predicted molar refractivity (Wildman–Crippen MR) is 64.4 cm³/mol. The van der Waals surface area contributed by atoms with Crippen molar-refractivity contribution >= 4 is 17.3 Å². The summed E-state index contributed by atoms with van der Waals surface area (Å²) in [5.41, 5.74) is 1.56. The zero-order valence-electron chi connectivity index (χ0n) is 9.51.